The summed E-state index contributed by atoms with van der Waals surface area (Å²) in [7, 11) is 1.45. The van der Waals surface area contributed by atoms with Crippen LogP contribution in [0.4, 0.5) is 13.2 Å². The summed E-state index contributed by atoms with van der Waals surface area (Å²) in [6.07, 6.45) is -3.11. The maximum absolute atomic E-state index is 13.0. The Morgan fingerprint density at radius 3 is 2.29 bits per heavy atom. The summed E-state index contributed by atoms with van der Waals surface area (Å²) in [5.41, 5.74) is -1.06. The van der Waals surface area contributed by atoms with Crippen LogP contribution >= 0.6 is 0 Å². The zero-order valence-electron chi connectivity index (χ0n) is 10.4. The van der Waals surface area contributed by atoms with Crippen molar-refractivity contribution in [1.29, 1.82) is 0 Å². The second kappa shape index (κ2) is 4.68. The van der Waals surface area contributed by atoms with Gasteiger partial charge < -0.3 is 4.74 Å². The summed E-state index contributed by atoms with van der Waals surface area (Å²) in [4.78, 5) is 0. The molecule has 1 rings (SSSR count). The van der Waals surface area contributed by atoms with Crippen molar-refractivity contribution >= 4 is 0 Å². The van der Waals surface area contributed by atoms with E-state index in [-0.39, 0.29) is 18.7 Å². The molecule has 0 spiro atoms. The van der Waals surface area contributed by atoms with E-state index >= 15 is 0 Å². The van der Waals surface area contributed by atoms with Gasteiger partial charge in [0.2, 0.25) is 0 Å². The van der Waals surface area contributed by atoms with E-state index in [2.05, 4.69) is 5.10 Å². The molecule has 0 N–H and O–H groups in total. The van der Waals surface area contributed by atoms with Crippen LogP contribution in [0, 0.1) is 0 Å². The third kappa shape index (κ3) is 3.21. The number of halogens is 3. The van der Waals surface area contributed by atoms with E-state index in [1.54, 1.807) is 20.8 Å². The third-order valence-corrected chi connectivity index (χ3v) is 2.42. The fourth-order valence-electron chi connectivity index (χ4n) is 1.58. The molecule has 0 aliphatic carbocycles. The van der Waals surface area contributed by atoms with Crippen LogP contribution in [0.1, 0.15) is 32.0 Å². The van der Waals surface area contributed by atoms with E-state index in [9.17, 15) is 13.2 Å². The van der Waals surface area contributed by atoms with Crippen LogP contribution < -0.4 is 0 Å². The molecule has 0 atom stereocenters. The second-order valence-corrected chi connectivity index (χ2v) is 4.87. The van der Waals surface area contributed by atoms with Gasteiger partial charge >= 0.3 is 6.18 Å². The van der Waals surface area contributed by atoms with Gasteiger partial charge in [-0.05, 0) is 5.41 Å². The Bertz CT molecular complexity index is 377. The molecule has 6 heteroatoms. The highest BCUT2D eigenvalue weighted by Gasteiger charge is 2.40. The van der Waals surface area contributed by atoms with Crippen LogP contribution in [0.2, 0.25) is 0 Å². The van der Waals surface area contributed by atoms with Crippen molar-refractivity contribution in [3.8, 4) is 0 Å². The molecule has 17 heavy (non-hydrogen) atoms. The summed E-state index contributed by atoms with van der Waals surface area (Å²) in [5.74, 6) is 0. The summed E-state index contributed by atoms with van der Waals surface area (Å²) in [5, 5.41) is 3.80. The Balaban J connectivity index is 3.21. The fourth-order valence-corrected chi connectivity index (χ4v) is 1.58. The van der Waals surface area contributed by atoms with Gasteiger partial charge in [-0.25, -0.2) is 0 Å². The lowest BCUT2D eigenvalue weighted by Crippen LogP contribution is -2.22. The van der Waals surface area contributed by atoms with E-state index in [1.165, 1.54) is 13.3 Å². The van der Waals surface area contributed by atoms with E-state index in [0.717, 1.165) is 4.68 Å². The average molecular weight is 250 g/mol. The van der Waals surface area contributed by atoms with Crippen molar-refractivity contribution in [3.63, 3.8) is 0 Å². The van der Waals surface area contributed by atoms with Crippen LogP contribution in [0.3, 0.4) is 0 Å². The van der Waals surface area contributed by atoms with Gasteiger partial charge in [-0.15, -0.1) is 0 Å². The molecule has 0 aliphatic rings. The lowest BCUT2D eigenvalue weighted by molar-refractivity contribution is -0.145. The first-order valence-corrected chi connectivity index (χ1v) is 5.30. The Labute approximate surface area is 98.6 Å². The summed E-state index contributed by atoms with van der Waals surface area (Å²) >= 11 is 0. The molecular weight excluding hydrogens is 233 g/mol. The van der Waals surface area contributed by atoms with Gasteiger partial charge in [0, 0.05) is 12.7 Å². The standard InChI is InChI=1S/C11H17F3N2O/c1-10(2,3)8-7-15-16(5-6-17-4)9(8)11(12,13)14/h7H,5-6H2,1-4H3. The highest BCUT2D eigenvalue weighted by molar-refractivity contribution is 5.28. The molecule has 0 amide bonds. The highest BCUT2D eigenvalue weighted by Crippen LogP contribution is 2.37. The molecule has 1 aromatic rings. The van der Waals surface area contributed by atoms with Crippen molar-refractivity contribution in [2.75, 3.05) is 13.7 Å². The largest absolute Gasteiger partial charge is 0.433 e. The number of aromatic nitrogens is 2. The number of nitrogens with zero attached hydrogens (tertiary/aromatic N) is 2. The molecule has 0 saturated carbocycles. The minimum atomic E-state index is -4.40. The van der Waals surface area contributed by atoms with Gasteiger partial charge in [0.1, 0.15) is 5.69 Å². The van der Waals surface area contributed by atoms with Crippen LogP contribution in [-0.4, -0.2) is 23.5 Å². The molecule has 0 unspecified atom stereocenters. The quantitative estimate of drug-likeness (QED) is 0.824. The molecule has 0 fully saturated rings. The Hall–Kier alpha value is -1.04. The zero-order chi connectivity index (χ0) is 13.3. The normalized spacial score (nSPS) is 13.1. The molecule has 3 nitrogen and oxygen atoms in total. The first kappa shape index (κ1) is 14.0. The van der Waals surface area contributed by atoms with E-state index < -0.39 is 17.3 Å². The van der Waals surface area contributed by atoms with Crippen molar-refractivity contribution < 1.29 is 17.9 Å². The second-order valence-electron chi connectivity index (χ2n) is 4.87. The van der Waals surface area contributed by atoms with Crippen LogP contribution in [-0.2, 0) is 22.9 Å². The Kier molecular flexibility index (Phi) is 3.86. The minimum absolute atomic E-state index is 0.0986. The molecule has 0 saturated heterocycles. The summed E-state index contributed by atoms with van der Waals surface area (Å²) < 4.78 is 44.7. The van der Waals surface area contributed by atoms with Gasteiger partial charge in [0.25, 0.3) is 0 Å². The van der Waals surface area contributed by atoms with E-state index in [4.69, 9.17) is 4.74 Å². The molecule has 0 aliphatic heterocycles. The molecular formula is C11H17F3N2O. The van der Waals surface area contributed by atoms with Crippen molar-refractivity contribution in [2.45, 2.75) is 38.9 Å². The molecule has 1 aromatic heterocycles. The van der Waals surface area contributed by atoms with Crippen molar-refractivity contribution in [3.05, 3.63) is 17.5 Å². The fraction of sp³-hybridized carbons (Fsp3) is 0.727. The number of alkyl halides is 3. The van der Waals surface area contributed by atoms with E-state index in [0.29, 0.717) is 0 Å². The predicted molar refractivity (Wildman–Crippen MR) is 57.8 cm³/mol. The number of ether oxygens (including phenoxy) is 1. The summed E-state index contributed by atoms with van der Waals surface area (Å²) in [6.45, 7) is 5.51. The van der Waals surface area contributed by atoms with Crippen molar-refractivity contribution in [2.24, 2.45) is 0 Å². The van der Waals surface area contributed by atoms with Gasteiger partial charge in [-0.3, -0.25) is 4.68 Å². The molecule has 1 heterocycles. The highest BCUT2D eigenvalue weighted by atomic mass is 19.4. The smallest absolute Gasteiger partial charge is 0.383 e. The molecule has 0 bridgehead atoms. The van der Waals surface area contributed by atoms with Gasteiger partial charge in [0.05, 0.1) is 19.3 Å². The SMILES string of the molecule is COCCn1ncc(C(C)(C)C)c1C(F)(F)F. The Morgan fingerprint density at radius 1 is 1.29 bits per heavy atom. The zero-order valence-corrected chi connectivity index (χ0v) is 10.4. The maximum Gasteiger partial charge on any atom is 0.433 e. The van der Waals surface area contributed by atoms with Crippen molar-refractivity contribution in [1.82, 2.24) is 9.78 Å². The maximum atomic E-state index is 13.0. The van der Waals surface area contributed by atoms with Gasteiger partial charge in [-0.1, -0.05) is 20.8 Å². The van der Waals surface area contributed by atoms with Gasteiger partial charge in [0.15, 0.2) is 0 Å². The molecule has 0 radical (unpaired) electrons. The number of rotatable bonds is 3. The lowest BCUT2D eigenvalue weighted by Gasteiger charge is -2.21. The first-order valence-electron chi connectivity index (χ1n) is 5.30. The average Bonchev–Trinajstić information content (AvgIpc) is 2.56. The van der Waals surface area contributed by atoms with Crippen LogP contribution in [0.15, 0.2) is 6.20 Å². The topological polar surface area (TPSA) is 27.1 Å². The minimum Gasteiger partial charge on any atom is -0.383 e. The lowest BCUT2D eigenvalue weighted by atomic mass is 9.87. The monoisotopic (exact) mass is 250 g/mol. The summed E-state index contributed by atoms with van der Waals surface area (Å²) in [6, 6.07) is 0. The van der Waals surface area contributed by atoms with Crippen LogP contribution in [0.25, 0.3) is 0 Å². The number of hydrogen-bond acceptors (Lipinski definition) is 2. The van der Waals surface area contributed by atoms with Crippen LogP contribution in [0.5, 0.6) is 0 Å². The predicted octanol–water partition coefficient (Wildman–Crippen LogP) is 2.85. The first-order chi connectivity index (χ1) is 7.68. The van der Waals surface area contributed by atoms with Gasteiger partial charge in [-0.2, -0.15) is 18.3 Å². The molecule has 0 aromatic carbocycles. The third-order valence-electron chi connectivity index (χ3n) is 2.42. The molecule has 98 valence electrons. The Morgan fingerprint density at radius 2 is 1.88 bits per heavy atom. The number of hydrogen-bond donors (Lipinski definition) is 0. The number of methoxy groups -OCH3 is 1. The van der Waals surface area contributed by atoms with E-state index in [1.807, 2.05) is 0 Å².